The summed E-state index contributed by atoms with van der Waals surface area (Å²) in [5.74, 6) is 1.72. The zero-order valence-corrected chi connectivity index (χ0v) is 14.1. The van der Waals surface area contributed by atoms with Gasteiger partial charge in [-0.2, -0.15) is 0 Å². The number of carbonyl (C=O) groups excluding carboxylic acids is 1. The van der Waals surface area contributed by atoms with E-state index >= 15 is 0 Å². The minimum absolute atomic E-state index is 0.166. The van der Waals surface area contributed by atoms with Crippen molar-refractivity contribution in [1.29, 1.82) is 0 Å². The standard InChI is InChI=1S/C19H24N4O/c1-14(19(24)23-11-8-15-5-2-3-7-17(15)23)21-13-16-6-4-10-22-12-9-20-18(16)22/h2-3,5,7,9,12,14,16,21H,4,6,8,10-11,13H2,1H3. The molecule has 24 heavy (non-hydrogen) atoms. The van der Waals surface area contributed by atoms with Crippen molar-refractivity contribution >= 4 is 11.6 Å². The third kappa shape index (κ3) is 2.73. The summed E-state index contributed by atoms with van der Waals surface area (Å²) in [4.78, 5) is 19.2. The number of aryl methyl sites for hydroxylation is 1. The number of amides is 1. The van der Waals surface area contributed by atoms with Crippen molar-refractivity contribution in [3.8, 4) is 0 Å². The minimum Gasteiger partial charge on any atom is -0.335 e. The fraction of sp³-hybridized carbons (Fsp3) is 0.474. The molecule has 1 N–H and O–H groups in total. The Morgan fingerprint density at radius 1 is 1.38 bits per heavy atom. The SMILES string of the molecule is CC(NCC1CCCn2ccnc21)C(=O)N1CCc2ccccc21. The molecule has 1 aromatic carbocycles. The van der Waals surface area contributed by atoms with Crippen molar-refractivity contribution in [1.82, 2.24) is 14.9 Å². The first-order chi connectivity index (χ1) is 11.7. The summed E-state index contributed by atoms with van der Waals surface area (Å²) in [5, 5.41) is 3.45. The number of hydrogen-bond donors (Lipinski definition) is 1. The first-order valence-electron chi connectivity index (χ1n) is 8.88. The van der Waals surface area contributed by atoms with Crippen molar-refractivity contribution < 1.29 is 4.79 Å². The molecule has 0 bridgehead atoms. The lowest BCUT2D eigenvalue weighted by Gasteiger charge is -2.27. The zero-order chi connectivity index (χ0) is 16.5. The lowest BCUT2D eigenvalue weighted by molar-refractivity contribution is -0.120. The highest BCUT2D eigenvalue weighted by Crippen LogP contribution is 2.28. The molecular weight excluding hydrogens is 300 g/mol. The number of anilines is 1. The van der Waals surface area contributed by atoms with Crippen LogP contribution in [0.15, 0.2) is 36.7 Å². The highest BCUT2D eigenvalue weighted by molar-refractivity contribution is 5.98. The van der Waals surface area contributed by atoms with Gasteiger partial charge in [-0.3, -0.25) is 4.79 Å². The maximum Gasteiger partial charge on any atom is 0.243 e. The third-order valence-electron chi connectivity index (χ3n) is 5.26. The maximum absolute atomic E-state index is 12.8. The van der Waals surface area contributed by atoms with Gasteiger partial charge < -0.3 is 14.8 Å². The van der Waals surface area contributed by atoms with E-state index in [4.69, 9.17) is 0 Å². The van der Waals surface area contributed by atoms with Gasteiger partial charge in [-0.25, -0.2) is 4.98 Å². The molecule has 0 radical (unpaired) electrons. The summed E-state index contributed by atoms with van der Waals surface area (Å²) in [6.07, 6.45) is 7.20. The fourth-order valence-electron chi connectivity index (χ4n) is 3.91. The summed E-state index contributed by atoms with van der Waals surface area (Å²) in [5.41, 5.74) is 2.34. The molecule has 2 atom stereocenters. The summed E-state index contributed by atoms with van der Waals surface area (Å²) < 4.78 is 2.24. The maximum atomic E-state index is 12.8. The van der Waals surface area contributed by atoms with Crippen LogP contribution in [0.4, 0.5) is 5.69 Å². The number of imidazole rings is 1. The quantitative estimate of drug-likeness (QED) is 0.939. The highest BCUT2D eigenvalue weighted by Gasteiger charge is 2.28. The Kier molecular flexibility index (Phi) is 4.10. The second-order valence-electron chi connectivity index (χ2n) is 6.82. The van der Waals surface area contributed by atoms with Gasteiger partial charge in [-0.05, 0) is 37.8 Å². The van der Waals surface area contributed by atoms with Crippen LogP contribution in [-0.2, 0) is 17.8 Å². The Morgan fingerprint density at radius 2 is 2.25 bits per heavy atom. The molecule has 5 nitrogen and oxygen atoms in total. The molecule has 0 aliphatic carbocycles. The molecule has 5 heteroatoms. The molecular formula is C19H24N4O. The first kappa shape index (κ1) is 15.4. The molecule has 0 saturated carbocycles. The summed E-state index contributed by atoms with van der Waals surface area (Å²) in [6, 6.07) is 8.03. The minimum atomic E-state index is -0.179. The van der Waals surface area contributed by atoms with Gasteiger partial charge in [0.25, 0.3) is 0 Å². The largest absolute Gasteiger partial charge is 0.335 e. The number of para-hydroxylation sites is 1. The van der Waals surface area contributed by atoms with Crippen molar-refractivity contribution in [2.45, 2.75) is 44.7 Å². The molecule has 2 aliphatic heterocycles. The van der Waals surface area contributed by atoms with Gasteiger partial charge in [0, 0.05) is 43.6 Å². The van der Waals surface area contributed by atoms with E-state index in [2.05, 4.69) is 27.1 Å². The molecule has 0 saturated heterocycles. The van der Waals surface area contributed by atoms with Crippen molar-refractivity contribution in [2.24, 2.45) is 0 Å². The molecule has 3 heterocycles. The smallest absolute Gasteiger partial charge is 0.243 e. The number of fused-ring (bicyclic) bond motifs is 2. The molecule has 0 spiro atoms. The van der Waals surface area contributed by atoms with Crippen molar-refractivity contribution in [3.63, 3.8) is 0 Å². The lowest BCUT2D eigenvalue weighted by Crippen LogP contribution is -2.45. The average molecular weight is 324 g/mol. The van der Waals surface area contributed by atoms with Crippen LogP contribution in [0.2, 0.25) is 0 Å². The van der Waals surface area contributed by atoms with Gasteiger partial charge in [0.2, 0.25) is 5.91 Å². The predicted molar refractivity (Wildman–Crippen MR) is 94.2 cm³/mol. The number of carbonyl (C=O) groups is 1. The van der Waals surface area contributed by atoms with Gasteiger partial charge in [0.1, 0.15) is 5.82 Å². The molecule has 126 valence electrons. The van der Waals surface area contributed by atoms with Crippen LogP contribution in [0, 0.1) is 0 Å². The average Bonchev–Trinajstić information content (AvgIpc) is 3.25. The van der Waals surface area contributed by atoms with E-state index in [1.165, 1.54) is 12.0 Å². The van der Waals surface area contributed by atoms with Gasteiger partial charge in [-0.15, -0.1) is 0 Å². The third-order valence-corrected chi connectivity index (χ3v) is 5.26. The monoisotopic (exact) mass is 324 g/mol. The van der Waals surface area contributed by atoms with Gasteiger partial charge in [0.15, 0.2) is 0 Å². The fourth-order valence-corrected chi connectivity index (χ4v) is 3.91. The van der Waals surface area contributed by atoms with E-state index in [0.29, 0.717) is 5.92 Å². The molecule has 1 amide bonds. The van der Waals surface area contributed by atoms with Crippen LogP contribution < -0.4 is 10.2 Å². The lowest BCUT2D eigenvalue weighted by atomic mass is 9.98. The Bertz CT molecular complexity index is 738. The molecule has 4 rings (SSSR count). The number of nitrogens with one attached hydrogen (secondary N) is 1. The van der Waals surface area contributed by atoms with Gasteiger partial charge in [-0.1, -0.05) is 18.2 Å². The number of rotatable bonds is 4. The Hall–Kier alpha value is -2.14. The van der Waals surface area contributed by atoms with Crippen LogP contribution in [0.3, 0.4) is 0 Å². The normalized spacial score (nSPS) is 20.5. The first-order valence-corrected chi connectivity index (χ1v) is 8.88. The van der Waals surface area contributed by atoms with E-state index in [1.807, 2.05) is 36.2 Å². The molecule has 2 aromatic rings. The number of nitrogens with zero attached hydrogens (tertiary/aromatic N) is 3. The summed E-state index contributed by atoms with van der Waals surface area (Å²) in [7, 11) is 0. The van der Waals surface area contributed by atoms with E-state index in [9.17, 15) is 4.79 Å². The van der Waals surface area contributed by atoms with Gasteiger partial charge >= 0.3 is 0 Å². The Balaban J connectivity index is 1.39. The number of benzene rings is 1. The second kappa shape index (κ2) is 6.40. The molecule has 2 unspecified atom stereocenters. The zero-order valence-electron chi connectivity index (χ0n) is 14.1. The second-order valence-corrected chi connectivity index (χ2v) is 6.82. The molecule has 2 aliphatic rings. The Morgan fingerprint density at radius 3 is 3.17 bits per heavy atom. The van der Waals surface area contributed by atoms with Crippen molar-refractivity contribution in [3.05, 3.63) is 48.0 Å². The topological polar surface area (TPSA) is 50.2 Å². The molecule has 1 aromatic heterocycles. The number of aromatic nitrogens is 2. The molecule has 0 fully saturated rings. The predicted octanol–water partition coefficient (Wildman–Crippen LogP) is 2.33. The van der Waals surface area contributed by atoms with Crippen LogP contribution in [-0.4, -0.2) is 34.6 Å². The summed E-state index contributed by atoms with van der Waals surface area (Å²) >= 11 is 0. The van der Waals surface area contributed by atoms with E-state index in [1.54, 1.807) is 0 Å². The van der Waals surface area contributed by atoms with Crippen LogP contribution in [0.5, 0.6) is 0 Å². The van der Waals surface area contributed by atoms with Crippen molar-refractivity contribution in [2.75, 3.05) is 18.0 Å². The van der Waals surface area contributed by atoms with E-state index in [0.717, 1.165) is 44.0 Å². The van der Waals surface area contributed by atoms with E-state index in [-0.39, 0.29) is 11.9 Å². The van der Waals surface area contributed by atoms with E-state index < -0.39 is 0 Å². The highest BCUT2D eigenvalue weighted by atomic mass is 16.2. The Labute approximate surface area is 142 Å². The van der Waals surface area contributed by atoms with Crippen LogP contribution in [0.1, 0.15) is 37.1 Å². The van der Waals surface area contributed by atoms with Crippen LogP contribution >= 0.6 is 0 Å². The summed E-state index contributed by atoms with van der Waals surface area (Å²) in [6.45, 7) is 4.63. The van der Waals surface area contributed by atoms with Gasteiger partial charge in [0.05, 0.1) is 6.04 Å². The van der Waals surface area contributed by atoms with Crippen LogP contribution in [0.25, 0.3) is 0 Å². The number of hydrogen-bond acceptors (Lipinski definition) is 3.